The van der Waals surface area contributed by atoms with Gasteiger partial charge in [-0.3, -0.25) is 4.79 Å². The van der Waals surface area contributed by atoms with Gasteiger partial charge >= 0.3 is 0 Å². The molecule has 1 fully saturated rings. The zero-order valence-electron chi connectivity index (χ0n) is 12.2. The van der Waals surface area contributed by atoms with Gasteiger partial charge in [0.2, 0.25) is 0 Å². The molecular formula is C17H22N2O. The summed E-state index contributed by atoms with van der Waals surface area (Å²) in [4.78, 5) is 17.9. The van der Waals surface area contributed by atoms with Gasteiger partial charge in [0.05, 0.1) is 0 Å². The fourth-order valence-corrected chi connectivity index (χ4v) is 3.38. The van der Waals surface area contributed by atoms with Crippen LogP contribution in [0.4, 0.5) is 0 Å². The Labute approximate surface area is 120 Å². The maximum absolute atomic E-state index is 12.8. The maximum Gasteiger partial charge on any atom is 0.254 e. The number of hydrogen-bond donors (Lipinski definition) is 1. The van der Waals surface area contributed by atoms with Gasteiger partial charge in [-0.05, 0) is 37.0 Å². The normalized spacial score (nSPS) is 22.9. The summed E-state index contributed by atoms with van der Waals surface area (Å²) in [5.74, 6) is 0.876. The zero-order chi connectivity index (χ0) is 14.1. The van der Waals surface area contributed by atoms with Crippen LogP contribution in [0.25, 0.3) is 10.9 Å². The molecule has 0 aliphatic heterocycles. The summed E-state index contributed by atoms with van der Waals surface area (Å²) < 4.78 is 0. The Morgan fingerprint density at radius 3 is 2.95 bits per heavy atom. The number of aromatic amines is 1. The van der Waals surface area contributed by atoms with E-state index in [9.17, 15) is 4.79 Å². The second-order valence-corrected chi connectivity index (χ2v) is 6.09. The predicted molar refractivity (Wildman–Crippen MR) is 81.8 cm³/mol. The first-order valence-electron chi connectivity index (χ1n) is 7.50. The van der Waals surface area contributed by atoms with E-state index in [1.807, 2.05) is 42.4 Å². The number of fused-ring (bicyclic) bond motifs is 1. The molecule has 1 aliphatic rings. The molecule has 2 atom stereocenters. The number of amides is 1. The largest absolute Gasteiger partial charge is 0.361 e. The lowest BCUT2D eigenvalue weighted by atomic mass is 9.86. The van der Waals surface area contributed by atoms with Crippen molar-refractivity contribution in [3.63, 3.8) is 0 Å². The highest BCUT2D eigenvalue weighted by Gasteiger charge is 2.26. The van der Waals surface area contributed by atoms with Crippen LogP contribution in [0.15, 0.2) is 30.5 Å². The second kappa shape index (κ2) is 5.31. The topological polar surface area (TPSA) is 36.1 Å². The number of carbonyl (C=O) groups is 1. The van der Waals surface area contributed by atoms with E-state index in [2.05, 4.69) is 11.9 Å². The van der Waals surface area contributed by atoms with Crippen molar-refractivity contribution in [2.45, 2.75) is 38.6 Å². The van der Waals surface area contributed by atoms with Crippen molar-refractivity contribution in [3.8, 4) is 0 Å². The summed E-state index contributed by atoms with van der Waals surface area (Å²) in [6, 6.07) is 8.26. The Kier molecular flexibility index (Phi) is 3.51. The van der Waals surface area contributed by atoms with Crippen LogP contribution in [-0.2, 0) is 0 Å². The third-order valence-corrected chi connectivity index (χ3v) is 4.60. The summed E-state index contributed by atoms with van der Waals surface area (Å²) in [6.07, 6.45) is 6.69. The van der Waals surface area contributed by atoms with Crippen molar-refractivity contribution in [2.75, 3.05) is 7.05 Å². The van der Waals surface area contributed by atoms with Gasteiger partial charge in [0.25, 0.3) is 5.91 Å². The third-order valence-electron chi connectivity index (χ3n) is 4.60. The van der Waals surface area contributed by atoms with Crippen molar-refractivity contribution >= 4 is 16.8 Å². The minimum absolute atomic E-state index is 0.148. The van der Waals surface area contributed by atoms with E-state index in [0.29, 0.717) is 6.04 Å². The van der Waals surface area contributed by atoms with E-state index < -0.39 is 0 Å². The molecule has 1 amide bonds. The van der Waals surface area contributed by atoms with Crippen molar-refractivity contribution in [1.82, 2.24) is 9.88 Å². The molecule has 0 radical (unpaired) electrons. The summed E-state index contributed by atoms with van der Waals surface area (Å²) >= 11 is 0. The fraction of sp³-hybridized carbons (Fsp3) is 0.471. The summed E-state index contributed by atoms with van der Waals surface area (Å²) in [5, 5.41) is 1.02. The number of rotatable bonds is 2. The van der Waals surface area contributed by atoms with Gasteiger partial charge in [-0.1, -0.05) is 25.8 Å². The number of benzene rings is 1. The van der Waals surface area contributed by atoms with Crippen LogP contribution >= 0.6 is 0 Å². The number of H-pyrrole nitrogens is 1. The van der Waals surface area contributed by atoms with E-state index in [-0.39, 0.29) is 5.91 Å². The minimum Gasteiger partial charge on any atom is -0.361 e. The van der Waals surface area contributed by atoms with Gasteiger partial charge < -0.3 is 9.88 Å². The van der Waals surface area contributed by atoms with Crippen molar-refractivity contribution in [2.24, 2.45) is 5.92 Å². The monoisotopic (exact) mass is 270 g/mol. The fourth-order valence-electron chi connectivity index (χ4n) is 3.38. The van der Waals surface area contributed by atoms with Crippen molar-refractivity contribution < 1.29 is 4.79 Å². The highest BCUT2D eigenvalue weighted by Crippen LogP contribution is 2.28. The van der Waals surface area contributed by atoms with Crippen LogP contribution in [0.2, 0.25) is 0 Å². The lowest BCUT2D eigenvalue weighted by molar-refractivity contribution is 0.0674. The lowest BCUT2D eigenvalue weighted by Crippen LogP contribution is -2.39. The first-order valence-corrected chi connectivity index (χ1v) is 7.50. The van der Waals surface area contributed by atoms with E-state index in [4.69, 9.17) is 0 Å². The van der Waals surface area contributed by atoms with Crippen LogP contribution in [0.3, 0.4) is 0 Å². The SMILES string of the molecule is CC1CCCC(N(C)C(=O)c2cccc3[nH]ccc23)C1. The predicted octanol–water partition coefficient (Wildman–Crippen LogP) is 3.82. The van der Waals surface area contributed by atoms with Crippen molar-refractivity contribution in [1.29, 1.82) is 0 Å². The molecule has 0 saturated heterocycles. The molecule has 106 valence electrons. The highest BCUT2D eigenvalue weighted by atomic mass is 16.2. The molecule has 3 rings (SSSR count). The highest BCUT2D eigenvalue weighted by molar-refractivity contribution is 6.06. The second-order valence-electron chi connectivity index (χ2n) is 6.09. The molecule has 0 bridgehead atoms. The molecule has 1 aromatic heterocycles. The average Bonchev–Trinajstić information content (AvgIpc) is 2.94. The van der Waals surface area contributed by atoms with Gasteiger partial charge in [-0.2, -0.15) is 0 Å². The van der Waals surface area contributed by atoms with Crippen molar-refractivity contribution in [3.05, 3.63) is 36.0 Å². The van der Waals surface area contributed by atoms with E-state index >= 15 is 0 Å². The minimum atomic E-state index is 0.148. The molecule has 1 N–H and O–H groups in total. The van der Waals surface area contributed by atoms with E-state index in [1.165, 1.54) is 12.8 Å². The van der Waals surface area contributed by atoms with Gasteiger partial charge in [0.15, 0.2) is 0 Å². The molecule has 2 aromatic rings. The van der Waals surface area contributed by atoms with Crippen LogP contribution < -0.4 is 0 Å². The molecule has 20 heavy (non-hydrogen) atoms. The quantitative estimate of drug-likeness (QED) is 0.884. The molecule has 3 heteroatoms. The average molecular weight is 270 g/mol. The Bertz CT molecular complexity index is 616. The van der Waals surface area contributed by atoms with Gasteiger partial charge in [-0.15, -0.1) is 0 Å². The van der Waals surface area contributed by atoms with E-state index in [1.54, 1.807) is 0 Å². The van der Waals surface area contributed by atoms with Gasteiger partial charge in [0, 0.05) is 35.8 Å². The summed E-state index contributed by atoms with van der Waals surface area (Å²) in [6.45, 7) is 2.29. The molecule has 3 nitrogen and oxygen atoms in total. The number of nitrogens with one attached hydrogen (secondary N) is 1. The molecule has 1 aromatic carbocycles. The number of carbonyl (C=O) groups excluding carboxylic acids is 1. The van der Waals surface area contributed by atoms with Crippen LogP contribution in [-0.4, -0.2) is 28.9 Å². The van der Waals surface area contributed by atoms with Gasteiger partial charge in [-0.25, -0.2) is 0 Å². The zero-order valence-corrected chi connectivity index (χ0v) is 12.2. The Hall–Kier alpha value is -1.77. The maximum atomic E-state index is 12.8. The third kappa shape index (κ3) is 2.33. The molecule has 2 unspecified atom stereocenters. The number of hydrogen-bond acceptors (Lipinski definition) is 1. The lowest BCUT2D eigenvalue weighted by Gasteiger charge is -2.34. The Morgan fingerprint density at radius 2 is 2.15 bits per heavy atom. The smallest absolute Gasteiger partial charge is 0.254 e. The van der Waals surface area contributed by atoms with Gasteiger partial charge in [0.1, 0.15) is 0 Å². The summed E-state index contributed by atoms with van der Waals surface area (Å²) in [7, 11) is 1.95. The van der Waals surface area contributed by atoms with E-state index in [0.717, 1.165) is 35.2 Å². The Balaban J connectivity index is 1.86. The molecule has 1 saturated carbocycles. The first-order chi connectivity index (χ1) is 9.66. The van der Waals surface area contributed by atoms with Crippen LogP contribution in [0.5, 0.6) is 0 Å². The Morgan fingerprint density at radius 1 is 1.30 bits per heavy atom. The molecule has 1 heterocycles. The standard InChI is InChI=1S/C17H22N2O/c1-12-5-3-6-13(11-12)19(2)17(20)15-7-4-8-16-14(15)9-10-18-16/h4,7-10,12-13,18H,3,5-6,11H2,1-2H3. The first kappa shape index (κ1) is 13.2. The van der Waals surface area contributed by atoms with Crippen LogP contribution in [0, 0.1) is 5.92 Å². The molecular weight excluding hydrogens is 248 g/mol. The molecule has 1 aliphatic carbocycles. The number of aromatic nitrogens is 1. The number of nitrogens with zero attached hydrogens (tertiary/aromatic N) is 1. The van der Waals surface area contributed by atoms with Crippen LogP contribution in [0.1, 0.15) is 43.0 Å². The molecule has 0 spiro atoms. The summed E-state index contributed by atoms with van der Waals surface area (Å²) in [5.41, 5.74) is 1.84.